The SMILES string of the molecule is CC(C)(C)OC(=O)CC(C(=O)O)C1(O)CCCC1. The van der Waals surface area contributed by atoms with Gasteiger partial charge in [0.25, 0.3) is 0 Å². The van der Waals surface area contributed by atoms with Crippen molar-refractivity contribution in [2.24, 2.45) is 5.92 Å². The van der Waals surface area contributed by atoms with Crippen LogP contribution in [0.4, 0.5) is 0 Å². The first kappa shape index (κ1) is 15.0. The Morgan fingerprint density at radius 2 is 1.78 bits per heavy atom. The number of carboxylic acids is 1. The quantitative estimate of drug-likeness (QED) is 0.750. The van der Waals surface area contributed by atoms with Gasteiger partial charge in [-0.15, -0.1) is 0 Å². The van der Waals surface area contributed by atoms with Gasteiger partial charge in [0.05, 0.1) is 17.9 Å². The van der Waals surface area contributed by atoms with Crippen molar-refractivity contribution < 1.29 is 24.5 Å². The molecular formula is C13H22O5. The largest absolute Gasteiger partial charge is 0.481 e. The molecule has 18 heavy (non-hydrogen) atoms. The van der Waals surface area contributed by atoms with Crippen molar-refractivity contribution in [1.29, 1.82) is 0 Å². The van der Waals surface area contributed by atoms with Crippen molar-refractivity contribution in [3.8, 4) is 0 Å². The molecule has 0 amide bonds. The van der Waals surface area contributed by atoms with Crippen LogP contribution in [-0.4, -0.2) is 33.4 Å². The van der Waals surface area contributed by atoms with E-state index < -0.39 is 29.1 Å². The molecule has 1 rings (SSSR count). The number of ether oxygens (including phenoxy) is 1. The normalized spacial score (nSPS) is 20.4. The monoisotopic (exact) mass is 258 g/mol. The van der Waals surface area contributed by atoms with Crippen LogP contribution in [-0.2, 0) is 14.3 Å². The molecule has 0 aromatic heterocycles. The van der Waals surface area contributed by atoms with Crippen LogP contribution in [0.1, 0.15) is 52.9 Å². The Kier molecular flexibility index (Phi) is 4.37. The lowest BCUT2D eigenvalue weighted by atomic mass is 9.83. The Balaban J connectivity index is 2.70. The van der Waals surface area contributed by atoms with Gasteiger partial charge < -0.3 is 14.9 Å². The first-order valence-electron chi connectivity index (χ1n) is 6.31. The predicted octanol–water partition coefficient (Wildman–Crippen LogP) is 1.72. The molecule has 5 heteroatoms. The van der Waals surface area contributed by atoms with Crippen LogP contribution in [0.3, 0.4) is 0 Å². The Bertz CT molecular complexity index is 323. The number of aliphatic hydroxyl groups is 1. The first-order chi connectivity index (χ1) is 8.14. The van der Waals surface area contributed by atoms with Crippen molar-refractivity contribution in [3.05, 3.63) is 0 Å². The van der Waals surface area contributed by atoms with Crippen LogP contribution < -0.4 is 0 Å². The fourth-order valence-corrected chi connectivity index (χ4v) is 2.39. The molecule has 104 valence electrons. The number of carbonyl (C=O) groups is 2. The van der Waals surface area contributed by atoms with Crippen molar-refractivity contribution in [3.63, 3.8) is 0 Å². The van der Waals surface area contributed by atoms with Crippen molar-refractivity contribution in [1.82, 2.24) is 0 Å². The molecule has 0 heterocycles. The van der Waals surface area contributed by atoms with Crippen LogP contribution in [0.25, 0.3) is 0 Å². The Morgan fingerprint density at radius 3 is 2.17 bits per heavy atom. The summed E-state index contributed by atoms with van der Waals surface area (Å²) in [5.74, 6) is -2.78. The van der Waals surface area contributed by atoms with Crippen LogP contribution in [0.5, 0.6) is 0 Å². The number of hydrogen-bond acceptors (Lipinski definition) is 4. The lowest BCUT2D eigenvalue weighted by Crippen LogP contribution is -2.42. The summed E-state index contributed by atoms with van der Waals surface area (Å²) in [6.45, 7) is 5.18. The maximum atomic E-state index is 11.7. The summed E-state index contributed by atoms with van der Waals surface area (Å²) < 4.78 is 5.11. The zero-order valence-electron chi connectivity index (χ0n) is 11.2. The summed E-state index contributed by atoms with van der Waals surface area (Å²) in [6, 6.07) is 0. The highest BCUT2D eigenvalue weighted by atomic mass is 16.6. The third-order valence-electron chi connectivity index (χ3n) is 3.21. The van der Waals surface area contributed by atoms with E-state index in [2.05, 4.69) is 0 Å². The van der Waals surface area contributed by atoms with E-state index in [-0.39, 0.29) is 6.42 Å². The molecular weight excluding hydrogens is 236 g/mol. The number of carbonyl (C=O) groups excluding carboxylic acids is 1. The molecule has 1 aliphatic carbocycles. The molecule has 0 aliphatic heterocycles. The second-order valence-electron chi connectivity index (χ2n) is 5.99. The molecule has 1 unspecified atom stereocenters. The zero-order chi connectivity index (χ0) is 14.0. The number of hydrogen-bond donors (Lipinski definition) is 2. The molecule has 0 radical (unpaired) electrons. The third kappa shape index (κ3) is 3.98. The zero-order valence-corrected chi connectivity index (χ0v) is 11.2. The first-order valence-corrected chi connectivity index (χ1v) is 6.31. The average molecular weight is 258 g/mol. The van der Waals surface area contributed by atoms with Gasteiger partial charge in [-0.05, 0) is 33.6 Å². The summed E-state index contributed by atoms with van der Waals surface area (Å²) in [5, 5.41) is 19.5. The molecule has 0 bridgehead atoms. The predicted molar refractivity (Wildman–Crippen MR) is 65.0 cm³/mol. The molecule has 1 aliphatic rings. The molecule has 1 fully saturated rings. The van der Waals surface area contributed by atoms with Gasteiger partial charge in [0.2, 0.25) is 0 Å². The minimum absolute atomic E-state index is 0.275. The maximum absolute atomic E-state index is 11.7. The molecule has 1 saturated carbocycles. The summed E-state index contributed by atoms with van der Waals surface area (Å²) in [4.78, 5) is 22.9. The van der Waals surface area contributed by atoms with Gasteiger partial charge in [-0.1, -0.05) is 12.8 Å². The second kappa shape index (κ2) is 5.26. The third-order valence-corrected chi connectivity index (χ3v) is 3.21. The molecule has 0 aromatic carbocycles. The van der Waals surface area contributed by atoms with Crippen LogP contribution in [0.2, 0.25) is 0 Å². The van der Waals surface area contributed by atoms with Crippen molar-refractivity contribution >= 4 is 11.9 Å². The number of esters is 1. The lowest BCUT2D eigenvalue weighted by molar-refractivity contribution is -0.167. The van der Waals surface area contributed by atoms with E-state index in [4.69, 9.17) is 4.74 Å². The van der Waals surface area contributed by atoms with Crippen molar-refractivity contribution in [2.75, 3.05) is 0 Å². The van der Waals surface area contributed by atoms with Gasteiger partial charge in [-0.3, -0.25) is 9.59 Å². The fraction of sp³-hybridized carbons (Fsp3) is 0.846. The summed E-state index contributed by atoms with van der Waals surface area (Å²) in [5.41, 5.74) is -1.90. The van der Waals surface area contributed by atoms with Gasteiger partial charge >= 0.3 is 11.9 Å². The van der Waals surface area contributed by atoms with Gasteiger partial charge in [-0.25, -0.2) is 0 Å². The Morgan fingerprint density at radius 1 is 1.28 bits per heavy atom. The van der Waals surface area contributed by atoms with E-state index >= 15 is 0 Å². The van der Waals surface area contributed by atoms with E-state index in [9.17, 15) is 19.8 Å². The van der Waals surface area contributed by atoms with Gasteiger partial charge in [-0.2, -0.15) is 0 Å². The fourth-order valence-electron chi connectivity index (χ4n) is 2.39. The smallest absolute Gasteiger partial charge is 0.310 e. The molecule has 1 atom stereocenters. The van der Waals surface area contributed by atoms with Crippen LogP contribution >= 0.6 is 0 Å². The molecule has 5 nitrogen and oxygen atoms in total. The van der Waals surface area contributed by atoms with Crippen molar-refractivity contribution in [2.45, 2.75) is 64.1 Å². The van der Waals surface area contributed by atoms with E-state index in [1.165, 1.54) is 0 Å². The molecule has 2 N–H and O–H groups in total. The molecule has 0 saturated heterocycles. The average Bonchev–Trinajstić information content (AvgIpc) is 2.59. The number of aliphatic carboxylic acids is 1. The maximum Gasteiger partial charge on any atom is 0.310 e. The highest BCUT2D eigenvalue weighted by Crippen LogP contribution is 2.38. The number of carboxylic acid groups (broad SMARTS) is 1. The standard InChI is InChI=1S/C13H22O5/c1-12(2,3)18-10(14)8-9(11(15)16)13(17)6-4-5-7-13/h9,17H,4-8H2,1-3H3,(H,15,16). The van der Waals surface area contributed by atoms with E-state index in [0.717, 1.165) is 12.8 Å². The Labute approximate surface area is 107 Å². The van der Waals surface area contributed by atoms with Crippen LogP contribution in [0, 0.1) is 5.92 Å². The highest BCUT2D eigenvalue weighted by molar-refractivity contribution is 5.80. The topological polar surface area (TPSA) is 83.8 Å². The minimum Gasteiger partial charge on any atom is -0.481 e. The minimum atomic E-state index is -1.26. The van der Waals surface area contributed by atoms with Crippen LogP contribution in [0.15, 0.2) is 0 Å². The van der Waals surface area contributed by atoms with E-state index in [0.29, 0.717) is 12.8 Å². The highest BCUT2D eigenvalue weighted by Gasteiger charge is 2.45. The number of rotatable bonds is 4. The van der Waals surface area contributed by atoms with Gasteiger partial charge in [0, 0.05) is 0 Å². The van der Waals surface area contributed by atoms with Gasteiger partial charge in [0.15, 0.2) is 0 Å². The second-order valence-corrected chi connectivity index (χ2v) is 5.99. The molecule has 0 aromatic rings. The Hall–Kier alpha value is -1.10. The van der Waals surface area contributed by atoms with E-state index in [1.807, 2.05) is 0 Å². The van der Waals surface area contributed by atoms with E-state index in [1.54, 1.807) is 20.8 Å². The summed E-state index contributed by atoms with van der Waals surface area (Å²) in [6.07, 6.45) is 2.20. The summed E-state index contributed by atoms with van der Waals surface area (Å²) >= 11 is 0. The molecule has 0 spiro atoms. The lowest BCUT2D eigenvalue weighted by Gasteiger charge is -2.30. The van der Waals surface area contributed by atoms with Gasteiger partial charge in [0.1, 0.15) is 5.60 Å². The summed E-state index contributed by atoms with van der Waals surface area (Å²) in [7, 11) is 0.